The first-order valence-electron chi connectivity index (χ1n) is 9.09. The fourth-order valence-corrected chi connectivity index (χ4v) is 3.10. The summed E-state index contributed by atoms with van der Waals surface area (Å²) >= 11 is 0. The first-order valence-corrected chi connectivity index (χ1v) is 9.09. The summed E-state index contributed by atoms with van der Waals surface area (Å²) in [5, 5.41) is 5.77. The Hall–Kier alpha value is -3.08. The van der Waals surface area contributed by atoms with Crippen molar-refractivity contribution in [2.75, 3.05) is 11.9 Å². The third-order valence-electron chi connectivity index (χ3n) is 4.62. The molecule has 1 aliphatic heterocycles. The summed E-state index contributed by atoms with van der Waals surface area (Å²) in [5.74, 6) is 0.728. The summed E-state index contributed by atoms with van der Waals surface area (Å²) in [6.07, 6.45) is 1.91. The van der Waals surface area contributed by atoms with Gasteiger partial charge in [0.1, 0.15) is 5.75 Å². The molecule has 3 rings (SSSR count). The Morgan fingerprint density at radius 1 is 1.22 bits per heavy atom. The molecule has 2 aromatic rings. The molecule has 0 saturated heterocycles. The first-order chi connectivity index (χ1) is 13.0. The molecule has 27 heavy (non-hydrogen) atoms. The second kappa shape index (κ2) is 8.08. The summed E-state index contributed by atoms with van der Waals surface area (Å²) < 4.78 is 5.74. The molecule has 140 valence electrons. The van der Waals surface area contributed by atoms with E-state index < -0.39 is 0 Å². The third-order valence-corrected chi connectivity index (χ3v) is 4.62. The highest BCUT2D eigenvalue weighted by Gasteiger charge is 2.24. The van der Waals surface area contributed by atoms with Crippen molar-refractivity contribution in [2.45, 2.75) is 32.2 Å². The molecule has 1 atom stereocenters. The van der Waals surface area contributed by atoms with Crippen molar-refractivity contribution in [2.24, 2.45) is 0 Å². The molecule has 1 heterocycles. The van der Waals surface area contributed by atoms with Crippen LogP contribution >= 0.6 is 0 Å². The van der Waals surface area contributed by atoms with Gasteiger partial charge >= 0.3 is 0 Å². The van der Waals surface area contributed by atoms with Crippen LogP contribution in [-0.2, 0) is 4.79 Å². The van der Waals surface area contributed by atoms with Crippen LogP contribution in [0.5, 0.6) is 5.75 Å². The second-order valence-electron chi connectivity index (χ2n) is 6.89. The molecular weight excluding hydrogens is 340 g/mol. The summed E-state index contributed by atoms with van der Waals surface area (Å²) in [6.45, 7) is 8.27. The molecule has 0 spiro atoms. The van der Waals surface area contributed by atoms with Crippen molar-refractivity contribution in [3.05, 3.63) is 71.8 Å². The van der Waals surface area contributed by atoms with E-state index in [0.717, 1.165) is 11.3 Å². The largest absolute Gasteiger partial charge is 0.493 e. The summed E-state index contributed by atoms with van der Waals surface area (Å²) in [7, 11) is 0. The average molecular weight is 364 g/mol. The molecule has 2 aromatic carbocycles. The Labute approximate surface area is 159 Å². The zero-order valence-corrected chi connectivity index (χ0v) is 15.6. The van der Waals surface area contributed by atoms with E-state index in [4.69, 9.17) is 4.74 Å². The number of ether oxygens (including phenoxy) is 1. The Kier molecular flexibility index (Phi) is 5.60. The van der Waals surface area contributed by atoms with Crippen LogP contribution in [0, 0.1) is 0 Å². The number of fused-ring (bicyclic) bond motifs is 1. The van der Waals surface area contributed by atoms with Crippen molar-refractivity contribution < 1.29 is 14.3 Å². The molecule has 0 aromatic heterocycles. The minimum atomic E-state index is -0.313. The summed E-state index contributed by atoms with van der Waals surface area (Å²) in [6, 6.07) is 12.9. The zero-order valence-electron chi connectivity index (χ0n) is 15.6. The molecular formula is C22H24N2O3. The van der Waals surface area contributed by atoms with Crippen LogP contribution in [0.15, 0.2) is 55.1 Å². The SMILES string of the molecule is C=CC(=O)Nc1cccc(C(=O)N[C@@H]2CCOc3ccc(C(C)C)cc32)c1. The lowest BCUT2D eigenvalue weighted by Crippen LogP contribution is -2.32. The van der Waals surface area contributed by atoms with Crippen LogP contribution in [0.3, 0.4) is 0 Å². The molecule has 2 N–H and O–H groups in total. The van der Waals surface area contributed by atoms with Crippen LogP contribution in [-0.4, -0.2) is 18.4 Å². The molecule has 0 aliphatic carbocycles. The molecule has 0 unspecified atom stereocenters. The lowest BCUT2D eigenvalue weighted by molar-refractivity contribution is -0.111. The van der Waals surface area contributed by atoms with Gasteiger partial charge in [-0.05, 0) is 47.9 Å². The molecule has 0 radical (unpaired) electrons. The molecule has 5 heteroatoms. The van der Waals surface area contributed by atoms with Gasteiger partial charge in [-0.2, -0.15) is 0 Å². The van der Waals surface area contributed by atoms with Crippen molar-refractivity contribution >= 4 is 17.5 Å². The fraction of sp³-hybridized carbons (Fsp3) is 0.273. The molecule has 2 amide bonds. The number of amides is 2. The Bertz CT molecular complexity index is 874. The van der Waals surface area contributed by atoms with Gasteiger partial charge in [0.05, 0.1) is 12.6 Å². The summed E-state index contributed by atoms with van der Waals surface area (Å²) in [5.41, 5.74) is 3.27. The molecule has 0 saturated carbocycles. The van der Waals surface area contributed by atoms with E-state index in [0.29, 0.717) is 30.2 Å². The van der Waals surface area contributed by atoms with Gasteiger partial charge in [-0.3, -0.25) is 9.59 Å². The van der Waals surface area contributed by atoms with Crippen LogP contribution in [0.25, 0.3) is 0 Å². The third kappa shape index (κ3) is 4.37. The van der Waals surface area contributed by atoms with E-state index in [-0.39, 0.29) is 17.9 Å². The van der Waals surface area contributed by atoms with Crippen molar-refractivity contribution in [1.82, 2.24) is 5.32 Å². The Balaban J connectivity index is 1.79. The highest BCUT2D eigenvalue weighted by Crippen LogP contribution is 2.34. The van der Waals surface area contributed by atoms with Gasteiger partial charge in [0.2, 0.25) is 5.91 Å². The monoisotopic (exact) mass is 364 g/mol. The van der Waals surface area contributed by atoms with Crippen molar-refractivity contribution in [3.63, 3.8) is 0 Å². The van der Waals surface area contributed by atoms with Gasteiger partial charge in [-0.15, -0.1) is 0 Å². The van der Waals surface area contributed by atoms with Gasteiger partial charge in [0.15, 0.2) is 0 Å². The van der Waals surface area contributed by atoms with E-state index in [1.165, 1.54) is 11.6 Å². The number of benzene rings is 2. The predicted molar refractivity (Wildman–Crippen MR) is 106 cm³/mol. The maximum atomic E-state index is 12.8. The number of nitrogens with one attached hydrogen (secondary N) is 2. The lowest BCUT2D eigenvalue weighted by atomic mass is 9.94. The normalized spacial score (nSPS) is 15.4. The predicted octanol–water partition coefficient (Wildman–Crippen LogP) is 4.19. The molecule has 5 nitrogen and oxygen atoms in total. The quantitative estimate of drug-likeness (QED) is 0.782. The number of anilines is 1. The number of rotatable bonds is 5. The van der Waals surface area contributed by atoms with Gasteiger partial charge in [-0.25, -0.2) is 0 Å². The van der Waals surface area contributed by atoms with Gasteiger partial charge in [0, 0.05) is 23.2 Å². The van der Waals surface area contributed by atoms with Crippen molar-refractivity contribution in [1.29, 1.82) is 0 Å². The topological polar surface area (TPSA) is 67.4 Å². The standard InChI is InChI=1S/C22H24N2O3/c1-4-21(25)23-17-7-5-6-16(12-17)22(26)24-19-10-11-27-20-9-8-15(14(2)3)13-18(19)20/h4-9,12-14,19H,1,10-11H2,2-3H3,(H,23,25)(H,24,26)/t19-/m1/s1. The number of hydrogen-bond donors (Lipinski definition) is 2. The van der Waals surface area contributed by atoms with E-state index >= 15 is 0 Å². The minimum absolute atomic E-state index is 0.105. The molecule has 0 bridgehead atoms. The van der Waals surface area contributed by atoms with E-state index in [9.17, 15) is 9.59 Å². The highest BCUT2D eigenvalue weighted by atomic mass is 16.5. The maximum Gasteiger partial charge on any atom is 0.251 e. The van der Waals surface area contributed by atoms with E-state index in [2.05, 4.69) is 43.2 Å². The maximum absolute atomic E-state index is 12.8. The van der Waals surface area contributed by atoms with E-state index in [1.807, 2.05) is 6.07 Å². The zero-order chi connectivity index (χ0) is 19.4. The van der Waals surface area contributed by atoms with E-state index in [1.54, 1.807) is 24.3 Å². The van der Waals surface area contributed by atoms with Gasteiger partial charge in [-0.1, -0.05) is 32.6 Å². The average Bonchev–Trinajstić information content (AvgIpc) is 2.68. The van der Waals surface area contributed by atoms with Crippen LogP contribution < -0.4 is 15.4 Å². The smallest absolute Gasteiger partial charge is 0.251 e. The first kappa shape index (κ1) is 18.7. The summed E-state index contributed by atoms with van der Waals surface area (Å²) in [4.78, 5) is 24.2. The van der Waals surface area contributed by atoms with Gasteiger partial charge < -0.3 is 15.4 Å². The highest BCUT2D eigenvalue weighted by molar-refractivity contribution is 6.00. The van der Waals surface area contributed by atoms with Gasteiger partial charge in [0.25, 0.3) is 5.91 Å². The number of carbonyl (C=O) groups is 2. The Morgan fingerprint density at radius 2 is 2.04 bits per heavy atom. The fourth-order valence-electron chi connectivity index (χ4n) is 3.10. The lowest BCUT2D eigenvalue weighted by Gasteiger charge is -2.28. The number of hydrogen-bond acceptors (Lipinski definition) is 3. The van der Waals surface area contributed by atoms with Crippen LogP contribution in [0.4, 0.5) is 5.69 Å². The second-order valence-corrected chi connectivity index (χ2v) is 6.89. The van der Waals surface area contributed by atoms with Crippen LogP contribution in [0.2, 0.25) is 0 Å². The van der Waals surface area contributed by atoms with Crippen LogP contribution in [0.1, 0.15) is 53.7 Å². The van der Waals surface area contributed by atoms with Crippen molar-refractivity contribution in [3.8, 4) is 5.75 Å². The molecule has 0 fully saturated rings. The minimum Gasteiger partial charge on any atom is -0.493 e. The molecule has 1 aliphatic rings. The number of carbonyl (C=O) groups excluding carboxylic acids is 2. The Morgan fingerprint density at radius 3 is 2.78 bits per heavy atom.